The summed E-state index contributed by atoms with van der Waals surface area (Å²) in [5.74, 6) is 1.52. The molecule has 0 unspecified atom stereocenters. The van der Waals surface area contributed by atoms with Crippen molar-refractivity contribution in [3.05, 3.63) is 54.1 Å². The van der Waals surface area contributed by atoms with Crippen LogP contribution in [-0.4, -0.2) is 18.6 Å². The number of carbonyl (C=O) groups is 1. The van der Waals surface area contributed by atoms with Crippen LogP contribution in [-0.2, 0) is 4.79 Å². The fourth-order valence-corrected chi connectivity index (χ4v) is 2.39. The van der Waals surface area contributed by atoms with Crippen LogP contribution in [0.15, 0.2) is 48.5 Å². The van der Waals surface area contributed by atoms with Crippen LogP contribution in [0.1, 0.15) is 39.2 Å². The van der Waals surface area contributed by atoms with Gasteiger partial charge in [-0.2, -0.15) is 0 Å². The molecule has 0 aliphatic rings. The van der Waals surface area contributed by atoms with Gasteiger partial charge >= 0.3 is 0 Å². The summed E-state index contributed by atoms with van der Waals surface area (Å²) in [7, 11) is 0. The molecule has 0 radical (unpaired) electrons. The van der Waals surface area contributed by atoms with Gasteiger partial charge in [0.15, 0.2) is 6.10 Å². The van der Waals surface area contributed by atoms with E-state index in [9.17, 15) is 4.79 Å². The summed E-state index contributed by atoms with van der Waals surface area (Å²) in [6, 6.07) is 15.2. The second kappa shape index (κ2) is 8.39. The molecule has 0 spiro atoms. The quantitative estimate of drug-likeness (QED) is 0.807. The molecule has 0 fully saturated rings. The molecule has 2 aromatic rings. The molecule has 1 N–H and O–H groups in total. The van der Waals surface area contributed by atoms with Gasteiger partial charge in [-0.25, -0.2) is 0 Å². The Balaban J connectivity index is 2.08. The molecule has 2 rings (SSSR count). The van der Waals surface area contributed by atoms with Gasteiger partial charge in [0.2, 0.25) is 0 Å². The minimum Gasteiger partial charge on any atom is -0.492 e. The molecule has 0 saturated carbocycles. The van der Waals surface area contributed by atoms with E-state index in [0.717, 1.165) is 11.3 Å². The second-order valence-corrected chi connectivity index (χ2v) is 5.87. The zero-order valence-electron chi connectivity index (χ0n) is 14.7. The molecule has 1 amide bonds. The number of nitrogens with one attached hydrogen (secondary N) is 1. The molecule has 128 valence electrons. The molecule has 4 heteroatoms. The maximum Gasteiger partial charge on any atom is 0.265 e. The van der Waals surface area contributed by atoms with Crippen molar-refractivity contribution < 1.29 is 14.3 Å². The van der Waals surface area contributed by atoms with Gasteiger partial charge in [-0.3, -0.25) is 4.79 Å². The minimum absolute atomic E-state index is 0.208. The Morgan fingerprint density at radius 1 is 1.00 bits per heavy atom. The van der Waals surface area contributed by atoms with Crippen molar-refractivity contribution in [1.82, 2.24) is 0 Å². The molecule has 1 atom stereocenters. The highest BCUT2D eigenvalue weighted by molar-refractivity contribution is 5.95. The lowest BCUT2D eigenvalue weighted by Gasteiger charge is -2.19. The van der Waals surface area contributed by atoms with Crippen LogP contribution in [0.25, 0.3) is 0 Å². The van der Waals surface area contributed by atoms with E-state index in [1.165, 1.54) is 0 Å². The zero-order chi connectivity index (χ0) is 17.5. The fraction of sp³-hybridized carbons (Fsp3) is 0.350. The fourth-order valence-electron chi connectivity index (χ4n) is 2.39. The SMILES string of the molecule is CCOc1ccccc1NC(=O)[C@@H](C)Oc1ccccc1C(C)C. The predicted molar refractivity (Wildman–Crippen MR) is 96.9 cm³/mol. The Morgan fingerprint density at radius 3 is 2.29 bits per heavy atom. The lowest BCUT2D eigenvalue weighted by molar-refractivity contribution is -0.122. The third-order valence-electron chi connectivity index (χ3n) is 3.66. The predicted octanol–water partition coefficient (Wildman–Crippen LogP) is 4.61. The van der Waals surface area contributed by atoms with Crippen molar-refractivity contribution in [3.63, 3.8) is 0 Å². The first-order chi connectivity index (χ1) is 11.5. The van der Waals surface area contributed by atoms with Gasteiger partial charge in [0.25, 0.3) is 5.91 Å². The minimum atomic E-state index is -0.611. The van der Waals surface area contributed by atoms with Crippen molar-refractivity contribution in [2.24, 2.45) is 0 Å². The highest BCUT2D eigenvalue weighted by atomic mass is 16.5. The smallest absolute Gasteiger partial charge is 0.265 e. The second-order valence-electron chi connectivity index (χ2n) is 5.87. The molecule has 24 heavy (non-hydrogen) atoms. The number of benzene rings is 2. The van der Waals surface area contributed by atoms with E-state index in [4.69, 9.17) is 9.47 Å². The summed E-state index contributed by atoms with van der Waals surface area (Å²) in [4.78, 5) is 12.5. The van der Waals surface area contributed by atoms with Crippen molar-refractivity contribution >= 4 is 11.6 Å². The third kappa shape index (κ3) is 4.51. The third-order valence-corrected chi connectivity index (χ3v) is 3.66. The summed E-state index contributed by atoms with van der Waals surface area (Å²) in [6.45, 7) is 8.40. The molecule has 0 heterocycles. The topological polar surface area (TPSA) is 47.6 Å². The molecule has 0 aromatic heterocycles. The molecular formula is C20H25NO3. The van der Waals surface area contributed by atoms with Gasteiger partial charge in [-0.1, -0.05) is 44.2 Å². The van der Waals surface area contributed by atoms with E-state index < -0.39 is 6.10 Å². The maximum atomic E-state index is 12.5. The summed E-state index contributed by atoms with van der Waals surface area (Å²) in [5.41, 5.74) is 1.74. The van der Waals surface area contributed by atoms with Gasteiger partial charge in [-0.15, -0.1) is 0 Å². The first-order valence-electron chi connectivity index (χ1n) is 8.31. The number of rotatable bonds is 7. The van der Waals surface area contributed by atoms with Crippen LogP contribution < -0.4 is 14.8 Å². The van der Waals surface area contributed by atoms with Crippen molar-refractivity contribution in [1.29, 1.82) is 0 Å². The van der Waals surface area contributed by atoms with E-state index >= 15 is 0 Å². The van der Waals surface area contributed by atoms with Gasteiger partial charge in [0.1, 0.15) is 11.5 Å². The maximum absolute atomic E-state index is 12.5. The molecule has 0 saturated heterocycles. The Hall–Kier alpha value is -2.49. The van der Waals surface area contributed by atoms with Gasteiger partial charge < -0.3 is 14.8 Å². The standard InChI is InChI=1S/C20H25NO3/c1-5-23-19-13-9-7-11-17(19)21-20(22)15(4)24-18-12-8-6-10-16(18)14(2)3/h6-15H,5H2,1-4H3,(H,21,22)/t15-/m1/s1. The highest BCUT2D eigenvalue weighted by Crippen LogP contribution is 2.27. The zero-order valence-corrected chi connectivity index (χ0v) is 14.7. The molecule has 0 aliphatic carbocycles. The van der Waals surface area contributed by atoms with Gasteiger partial charge in [0.05, 0.1) is 12.3 Å². The Labute approximate surface area is 143 Å². The van der Waals surface area contributed by atoms with E-state index in [1.54, 1.807) is 6.92 Å². The van der Waals surface area contributed by atoms with Crippen LogP contribution in [0.4, 0.5) is 5.69 Å². The Morgan fingerprint density at radius 2 is 1.62 bits per heavy atom. The highest BCUT2D eigenvalue weighted by Gasteiger charge is 2.18. The summed E-state index contributed by atoms with van der Waals surface area (Å²) in [5, 5.41) is 2.88. The van der Waals surface area contributed by atoms with Crippen LogP contribution in [0, 0.1) is 0 Å². The lowest BCUT2D eigenvalue weighted by atomic mass is 10.0. The van der Waals surface area contributed by atoms with E-state index in [2.05, 4.69) is 19.2 Å². The summed E-state index contributed by atoms with van der Waals surface area (Å²) >= 11 is 0. The van der Waals surface area contributed by atoms with Crippen molar-refractivity contribution in [3.8, 4) is 11.5 Å². The first-order valence-corrected chi connectivity index (χ1v) is 8.31. The number of hydrogen-bond donors (Lipinski definition) is 1. The number of amides is 1. The van der Waals surface area contributed by atoms with Crippen LogP contribution in [0.5, 0.6) is 11.5 Å². The molecule has 0 bridgehead atoms. The Kier molecular flexibility index (Phi) is 6.24. The van der Waals surface area contributed by atoms with Gasteiger partial charge in [-0.05, 0) is 43.5 Å². The Bertz CT molecular complexity index is 682. The van der Waals surface area contributed by atoms with Crippen LogP contribution in [0.2, 0.25) is 0 Å². The number of para-hydroxylation sites is 3. The lowest BCUT2D eigenvalue weighted by Crippen LogP contribution is -2.30. The normalized spacial score (nSPS) is 11.9. The number of anilines is 1. The molecule has 2 aromatic carbocycles. The largest absolute Gasteiger partial charge is 0.492 e. The average molecular weight is 327 g/mol. The average Bonchev–Trinajstić information content (AvgIpc) is 2.57. The number of hydrogen-bond acceptors (Lipinski definition) is 3. The van der Waals surface area contributed by atoms with E-state index in [1.807, 2.05) is 55.5 Å². The van der Waals surface area contributed by atoms with Crippen molar-refractivity contribution in [2.45, 2.75) is 39.7 Å². The van der Waals surface area contributed by atoms with Gasteiger partial charge in [0, 0.05) is 0 Å². The molecule has 4 nitrogen and oxygen atoms in total. The van der Waals surface area contributed by atoms with E-state index in [-0.39, 0.29) is 5.91 Å². The summed E-state index contributed by atoms with van der Waals surface area (Å²) < 4.78 is 11.4. The van der Waals surface area contributed by atoms with Crippen molar-refractivity contribution in [2.75, 3.05) is 11.9 Å². The monoisotopic (exact) mass is 327 g/mol. The molecule has 0 aliphatic heterocycles. The number of ether oxygens (including phenoxy) is 2. The first kappa shape index (κ1) is 17.9. The van der Waals surface area contributed by atoms with Crippen LogP contribution in [0.3, 0.4) is 0 Å². The van der Waals surface area contributed by atoms with Crippen LogP contribution >= 0.6 is 0 Å². The van der Waals surface area contributed by atoms with E-state index in [0.29, 0.717) is 24.0 Å². The molecular weight excluding hydrogens is 302 g/mol. The number of carbonyl (C=O) groups excluding carboxylic acids is 1. The summed E-state index contributed by atoms with van der Waals surface area (Å²) in [6.07, 6.45) is -0.611.